The summed E-state index contributed by atoms with van der Waals surface area (Å²) in [6.45, 7) is 1.72. The first-order valence-electron chi connectivity index (χ1n) is 9.08. The fraction of sp³-hybridized carbons (Fsp3) is 0.222. The van der Waals surface area contributed by atoms with Crippen LogP contribution in [0, 0.1) is 0 Å². The molecular formula is C18H15ClN6O5S2. The molecule has 0 aliphatic carbocycles. The van der Waals surface area contributed by atoms with Crippen LogP contribution in [-0.2, 0) is 14.4 Å². The number of nitrogens with zero attached hydrogens (tertiary/aromatic N) is 4. The molecule has 2 aliphatic rings. The van der Waals surface area contributed by atoms with E-state index in [0.717, 1.165) is 11.5 Å². The molecule has 2 amide bonds. The van der Waals surface area contributed by atoms with Crippen LogP contribution in [0.15, 0.2) is 41.2 Å². The molecule has 3 atom stereocenters. The van der Waals surface area contributed by atoms with Crippen LogP contribution in [0.1, 0.15) is 12.7 Å². The molecule has 14 heteroatoms. The van der Waals surface area contributed by atoms with Crippen molar-refractivity contribution < 1.29 is 24.3 Å². The number of fused-ring (bicyclic) bond motifs is 1. The maximum atomic E-state index is 13.0. The number of carboxylic acid groups (broad SMARTS) is 1. The second-order valence-corrected chi connectivity index (χ2v) is 9.38. The topological polar surface area (TPSA) is 160 Å². The third-order valence-electron chi connectivity index (χ3n) is 4.60. The van der Waals surface area contributed by atoms with E-state index in [2.05, 4.69) is 19.8 Å². The highest BCUT2D eigenvalue weighted by Crippen LogP contribution is 2.40. The van der Waals surface area contributed by atoms with Gasteiger partial charge in [0.1, 0.15) is 11.4 Å². The Bertz CT molecular complexity index is 1150. The molecule has 3 heterocycles. The number of carboxylic acids is 1. The maximum absolute atomic E-state index is 13.0. The van der Waals surface area contributed by atoms with E-state index in [-0.39, 0.29) is 27.5 Å². The Hall–Kier alpha value is -3.16. The van der Waals surface area contributed by atoms with Crippen LogP contribution < -0.4 is 15.9 Å². The van der Waals surface area contributed by atoms with Crippen LogP contribution in [0.25, 0.3) is 0 Å². The number of aliphatic carboxylic acids is 1. The minimum absolute atomic E-state index is 0.0553. The van der Waals surface area contributed by atoms with E-state index in [1.807, 2.05) is 0 Å². The first-order valence-corrected chi connectivity index (χ1v) is 11.2. The van der Waals surface area contributed by atoms with Gasteiger partial charge in [-0.3, -0.25) is 9.59 Å². The summed E-state index contributed by atoms with van der Waals surface area (Å²) in [6.07, 6.45) is 1.31. The largest absolute Gasteiger partial charge is 0.478 e. The van der Waals surface area contributed by atoms with Gasteiger partial charge in [-0.25, -0.2) is 4.79 Å². The number of nitrogens with two attached hydrogens (primary N) is 1. The molecule has 0 radical (unpaired) electrons. The first kappa shape index (κ1) is 22.0. The van der Waals surface area contributed by atoms with Crippen LogP contribution in [0.3, 0.4) is 0 Å². The van der Waals surface area contributed by atoms with Crippen LogP contribution in [0.5, 0.6) is 5.75 Å². The molecule has 4 N–H and O–H groups in total. The van der Waals surface area contributed by atoms with Gasteiger partial charge in [0, 0.05) is 28.0 Å². The number of oxime groups is 1. The van der Waals surface area contributed by atoms with E-state index in [9.17, 15) is 19.5 Å². The zero-order valence-electron chi connectivity index (χ0n) is 16.3. The van der Waals surface area contributed by atoms with Crippen LogP contribution >= 0.6 is 34.9 Å². The van der Waals surface area contributed by atoms with Gasteiger partial charge in [-0.2, -0.15) is 9.36 Å². The van der Waals surface area contributed by atoms with Crippen molar-refractivity contribution in [2.24, 2.45) is 5.16 Å². The fourth-order valence-corrected chi connectivity index (χ4v) is 4.91. The molecule has 1 fully saturated rings. The lowest BCUT2D eigenvalue weighted by molar-refractivity contribution is -0.144. The lowest BCUT2D eigenvalue weighted by atomic mass is 10.1. The lowest BCUT2D eigenvalue weighted by Gasteiger charge is -2.48. The molecule has 32 heavy (non-hydrogen) atoms. The summed E-state index contributed by atoms with van der Waals surface area (Å²) in [5.41, 5.74) is 5.47. The van der Waals surface area contributed by atoms with Crippen molar-refractivity contribution in [2.45, 2.75) is 23.6 Å². The number of hydrogen-bond acceptors (Lipinski definition) is 10. The second kappa shape index (κ2) is 8.76. The highest BCUT2D eigenvalue weighted by atomic mass is 35.5. The Balaban J connectivity index is 1.53. The average Bonchev–Trinajstić information content (AvgIpc) is 3.18. The van der Waals surface area contributed by atoms with Crippen molar-refractivity contribution in [2.75, 3.05) is 5.73 Å². The van der Waals surface area contributed by atoms with Gasteiger partial charge in [-0.15, -0.1) is 11.8 Å². The number of thioether (sulfide) groups is 1. The predicted molar refractivity (Wildman–Crippen MR) is 118 cm³/mol. The standard InChI is InChI=1S/C18H15ClN6O5S2/c1-7-10(17(28)29)6-25-15(27)12(16(25)31-7)21-14(26)11(13-22-18(20)32-24-13)23-30-9-4-2-8(19)3-5-9/h2-7,12,16H,1H3,(H,21,26)(H,28,29)(H2,20,22,24)/t7?,12?,16-/m1/s1. The minimum atomic E-state index is -1.09. The van der Waals surface area contributed by atoms with E-state index >= 15 is 0 Å². The summed E-state index contributed by atoms with van der Waals surface area (Å²) in [5, 5.41) is 15.5. The van der Waals surface area contributed by atoms with Gasteiger partial charge in [0.05, 0.1) is 5.57 Å². The summed E-state index contributed by atoms with van der Waals surface area (Å²) >= 11 is 7.98. The normalized spacial score (nSPS) is 22.5. The van der Waals surface area contributed by atoms with Crippen molar-refractivity contribution in [3.63, 3.8) is 0 Å². The Kier molecular flexibility index (Phi) is 6.04. The summed E-state index contributed by atoms with van der Waals surface area (Å²) in [6, 6.07) is 5.42. The molecule has 2 unspecified atom stereocenters. The molecular weight excluding hydrogens is 480 g/mol. The predicted octanol–water partition coefficient (Wildman–Crippen LogP) is 1.31. The smallest absolute Gasteiger partial charge is 0.334 e. The number of halogens is 1. The Morgan fingerprint density at radius 2 is 2.06 bits per heavy atom. The van der Waals surface area contributed by atoms with Crippen molar-refractivity contribution in [1.82, 2.24) is 19.6 Å². The number of hydrogen-bond donors (Lipinski definition) is 3. The number of amides is 2. The number of rotatable bonds is 6. The molecule has 11 nitrogen and oxygen atoms in total. The maximum Gasteiger partial charge on any atom is 0.334 e. The third kappa shape index (κ3) is 4.26. The number of nitrogens with one attached hydrogen (secondary N) is 1. The zero-order chi connectivity index (χ0) is 23.0. The highest BCUT2D eigenvalue weighted by Gasteiger charge is 2.52. The van der Waals surface area contributed by atoms with Gasteiger partial charge in [0.2, 0.25) is 11.5 Å². The molecule has 1 aromatic heterocycles. The number of β-lactam (4-membered cyclic amide) rings is 1. The zero-order valence-corrected chi connectivity index (χ0v) is 18.6. The van der Waals surface area contributed by atoms with Gasteiger partial charge in [0.15, 0.2) is 10.9 Å². The van der Waals surface area contributed by atoms with Gasteiger partial charge < -0.3 is 25.9 Å². The Morgan fingerprint density at radius 3 is 2.69 bits per heavy atom. The van der Waals surface area contributed by atoms with Crippen molar-refractivity contribution in [3.8, 4) is 5.75 Å². The summed E-state index contributed by atoms with van der Waals surface area (Å²) in [4.78, 5) is 47.3. The Morgan fingerprint density at radius 1 is 1.34 bits per heavy atom. The van der Waals surface area contributed by atoms with Crippen LogP contribution in [-0.4, -0.2) is 59.5 Å². The SMILES string of the molecule is CC1S[C@@H]2C(NC(=O)C(=NOc3ccc(Cl)cc3)c3nsc(N)n3)C(=O)N2C=C1C(=O)O. The number of benzene rings is 1. The molecule has 2 aliphatic heterocycles. The van der Waals surface area contributed by atoms with Gasteiger partial charge in [-0.1, -0.05) is 16.8 Å². The number of carbonyl (C=O) groups excluding carboxylic acids is 2. The molecule has 0 saturated carbocycles. The quantitative estimate of drug-likeness (QED) is 0.305. The lowest BCUT2D eigenvalue weighted by Crippen LogP contribution is -2.69. The summed E-state index contributed by atoms with van der Waals surface area (Å²) in [5.74, 6) is -2.01. The van der Waals surface area contributed by atoms with Crippen LogP contribution in [0.2, 0.25) is 5.02 Å². The van der Waals surface area contributed by atoms with Crippen molar-refractivity contribution >= 4 is 63.5 Å². The first-order chi connectivity index (χ1) is 15.2. The van der Waals surface area contributed by atoms with Crippen molar-refractivity contribution in [3.05, 3.63) is 46.9 Å². The minimum Gasteiger partial charge on any atom is -0.478 e. The van der Waals surface area contributed by atoms with E-state index in [4.69, 9.17) is 22.2 Å². The summed E-state index contributed by atoms with van der Waals surface area (Å²) < 4.78 is 3.99. The number of anilines is 1. The van der Waals surface area contributed by atoms with E-state index in [0.29, 0.717) is 10.8 Å². The molecule has 0 bridgehead atoms. The third-order valence-corrected chi connectivity index (χ3v) is 6.83. The second-order valence-electron chi connectivity index (χ2n) is 6.70. The number of carbonyl (C=O) groups is 3. The molecule has 166 valence electrons. The molecule has 0 spiro atoms. The van der Waals surface area contributed by atoms with Gasteiger partial charge >= 0.3 is 5.97 Å². The highest BCUT2D eigenvalue weighted by molar-refractivity contribution is 8.00. The monoisotopic (exact) mass is 494 g/mol. The number of aromatic nitrogens is 2. The fourth-order valence-electron chi connectivity index (χ4n) is 2.99. The average molecular weight is 495 g/mol. The number of nitrogen functional groups attached to an aromatic ring is 1. The van der Waals surface area contributed by atoms with E-state index in [1.54, 1.807) is 31.2 Å². The molecule has 1 saturated heterocycles. The van der Waals surface area contributed by atoms with Crippen molar-refractivity contribution in [1.29, 1.82) is 0 Å². The summed E-state index contributed by atoms with van der Waals surface area (Å²) in [7, 11) is 0. The van der Waals surface area contributed by atoms with Crippen LogP contribution in [0.4, 0.5) is 5.13 Å². The molecule has 4 rings (SSSR count). The molecule has 2 aromatic rings. The molecule has 1 aromatic carbocycles. The van der Waals surface area contributed by atoms with Gasteiger partial charge in [-0.05, 0) is 31.2 Å². The van der Waals surface area contributed by atoms with E-state index < -0.39 is 29.2 Å². The van der Waals surface area contributed by atoms with E-state index in [1.165, 1.54) is 22.9 Å². The Labute approximate surface area is 194 Å². The van der Waals surface area contributed by atoms with Gasteiger partial charge in [0.25, 0.3) is 11.8 Å².